The van der Waals surface area contributed by atoms with Gasteiger partial charge in [-0.15, -0.1) is 0 Å². The largest absolute Gasteiger partial charge is 0.496 e. The van der Waals surface area contributed by atoms with Crippen LogP contribution in [-0.2, 0) is 10.0 Å². The van der Waals surface area contributed by atoms with Gasteiger partial charge in [0.05, 0.1) is 16.5 Å². The smallest absolute Gasteiger partial charge is 0.240 e. The number of hydrogen-bond acceptors (Lipinski definition) is 3. The monoisotopic (exact) mass is 339 g/mol. The molecule has 1 N–H and O–H groups in total. The molecule has 0 saturated carbocycles. The van der Waals surface area contributed by atoms with E-state index in [1.54, 1.807) is 6.07 Å². The SMILES string of the molecule is C=C(Cl)CNS(=O)(=O)c1ccc(OC)c(Br)c1. The first-order valence-electron chi connectivity index (χ1n) is 4.53. The summed E-state index contributed by atoms with van der Waals surface area (Å²) in [6.45, 7) is 3.40. The molecule has 1 rings (SSSR count). The molecule has 0 unspecified atom stereocenters. The van der Waals surface area contributed by atoms with Crippen LogP contribution in [0.5, 0.6) is 5.75 Å². The molecule has 7 heteroatoms. The highest BCUT2D eigenvalue weighted by molar-refractivity contribution is 9.10. The number of ether oxygens (including phenoxy) is 1. The van der Waals surface area contributed by atoms with E-state index in [9.17, 15) is 8.42 Å². The topological polar surface area (TPSA) is 55.4 Å². The van der Waals surface area contributed by atoms with Gasteiger partial charge in [0, 0.05) is 11.6 Å². The third-order valence-corrected chi connectivity index (χ3v) is 4.04. The standard InChI is InChI=1S/C10H11BrClNO3S/c1-7(12)6-13-17(14,15)8-3-4-10(16-2)9(11)5-8/h3-5,13H,1,6H2,2H3. The van der Waals surface area contributed by atoms with Gasteiger partial charge in [-0.05, 0) is 34.1 Å². The van der Waals surface area contributed by atoms with Gasteiger partial charge < -0.3 is 4.74 Å². The van der Waals surface area contributed by atoms with Gasteiger partial charge in [0.2, 0.25) is 10.0 Å². The van der Waals surface area contributed by atoms with E-state index in [4.69, 9.17) is 16.3 Å². The first-order chi connectivity index (χ1) is 7.86. The maximum Gasteiger partial charge on any atom is 0.240 e. The van der Waals surface area contributed by atoms with Crippen LogP contribution in [0, 0.1) is 0 Å². The maximum absolute atomic E-state index is 11.8. The summed E-state index contributed by atoms with van der Waals surface area (Å²) in [5.41, 5.74) is 0. The minimum absolute atomic E-state index is 0.00641. The van der Waals surface area contributed by atoms with Crippen molar-refractivity contribution >= 4 is 37.6 Å². The number of sulfonamides is 1. The average molecular weight is 341 g/mol. The van der Waals surface area contributed by atoms with Gasteiger partial charge in [0.15, 0.2) is 0 Å². The van der Waals surface area contributed by atoms with Gasteiger partial charge in [-0.25, -0.2) is 13.1 Å². The molecular weight excluding hydrogens is 330 g/mol. The van der Waals surface area contributed by atoms with Crippen LogP contribution in [0.25, 0.3) is 0 Å². The van der Waals surface area contributed by atoms with E-state index < -0.39 is 10.0 Å². The van der Waals surface area contributed by atoms with Crippen LogP contribution in [0.15, 0.2) is 39.2 Å². The Morgan fingerprint density at radius 3 is 2.71 bits per heavy atom. The van der Waals surface area contributed by atoms with Crippen LogP contribution in [0.3, 0.4) is 0 Å². The molecule has 94 valence electrons. The van der Waals surface area contributed by atoms with Crippen LogP contribution < -0.4 is 9.46 Å². The minimum atomic E-state index is -3.58. The van der Waals surface area contributed by atoms with Gasteiger partial charge in [-0.3, -0.25) is 0 Å². The number of rotatable bonds is 5. The van der Waals surface area contributed by atoms with Crippen molar-refractivity contribution in [2.24, 2.45) is 0 Å². The molecule has 0 aromatic heterocycles. The van der Waals surface area contributed by atoms with Crippen molar-refractivity contribution in [3.8, 4) is 5.75 Å². The molecule has 0 heterocycles. The zero-order chi connectivity index (χ0) is 13.1. The summed E-state index contributed by atoms with van der Waals surface area (Å²) in [6.07, 6.45) is 0. The van der Waals surface area contributed by atoms with Gasteiger partial charge in [-0.2, -0.15) is 0 Å². The van der Waals surface area contributed by atoms with Gasteiger partial charge >= 0.3 is 0 Å². The van der Waals surface area contributed by atoms with E-state index in [0.29, 0.717) is 10.2 Å². The first kappa shape index (κ1) is 14.5. The lowest BCUT2D eigenvalue weighted by Gasteiger charge is -2.08. The summed E-state index contributed by atoms with van der Waals surface area (Å²) < 4.78 is 31.5. The molecule has 0 bridgehead atoms. The van der Waals surface area contributed by atoms with E-state index in [1.807, 2.05) is 0 Å². The third-order valence-electron chi connectivity index (χ3n) is 1.89. The Morgan fingerprint density at radius 2 is 2.24 bits per heavy atom. The summed E-state index contributed by atoms with van der Waals surface area (Å²) in [7, 11) is -2.08. The second-order valence-electron chi connectivity index (χ2n) is 3.14. The summed E-state index contributed by atoms with van der Waals surface area (Å²) >= 11 is 8.72. The highest BCUT2D eigenvalue weighted by Gasteiger charge is 2.15. The highest BCUT2D eigenvalue weighted by Crippen LogP contribution is 2.27. The Kier molecular flexibility index (Phi) is 5.00. The summed E-state index contributed by atoms with van der Waals surface area (Å²) in [5.74, 6) is 0.561. The molecule has 0 aliphatic heterocycles. The van der Waals surface area contributed by atoms with E-state index in [-0.39, 0.29) is 16.5 Å². The number of hydrogen-bond donors (Lipinski definition) is 1. The summed E-state index contributed by atoms with van der Waals surface area (Å²) in [5, 5.41) is 0.223. The number of nitrogens with one attached hydrogen (secondary N) is 1. The predicted octanol–water partition coefficient (Wildman–Crippen LogP) is 2.49. The Balaban J connectivity index is 2.99. The van der Waals surface area contributed by atoms with E-state index in [2.05, 4.69) is 27.2 Å². The van der Waals surface area contributed by atoms with Crippen LogP contribution in [0.4, 0.5) is 0 Å². The first-order valence-corrected chi connectivity index (χ1v) is 7.18. The predicted molar refractivity (Wildman–Crippen MR) is 70.9 cm³/mol. The minimum Gasteiger partial charge on any atom is -0.496 e. The van der Waals surface area contributed by atoms with Crippen LogP contribution in [0.1, 0.15) is 0 Å². The molecular formula is C10H11BrClNO3S. The van der Waals surface area contributed by atoms with E-state index in [0.717, 1.165) is 0 Å². The summed E-state index contributed by atoms with van der Waals surface area (Å²) in [6, 6.07) is 4.47. The lowest BCUT2D eigenvalue weighted by molar-refractivity contribution is 0.411. The molecule has 17 heavy (non-hydrogen) atoms. The fourth-order valence-corrected chi connectivity index (χ4v) is 2.96. The molecule has 4 nitrogen and oxygen atoms in total. The van der Waals surface area contributed by atoms with Crippen molar-refractivity contribution in [1.29, 1.82) is 0 Å². The molecule has 0 atom stereocenters. The van der Waals surface area contributed by atoms with Gasteiger partial charge in [-0.1, -0.05) is 18.2 Å². The van der Waals surface area contributed by atoms with Gasteiger partial charge in [0.25, 0.3) is 0 Å². The lowest BCUT2D eigenvalue weighted by Crippen LogP contribution is -2.24. The third kappa shape index (κ3) is 3.99. The van der Waals surface area contributed by atoms with Gasteiger partial charge in [0.1, 0.15) is 5.75 Å². The van der Waals surface area contributed by atoms with Crippen molar-refractivity contribution < 1.29 is 13.2 Å². The number of benzene rings is 1. The second-order valence-corrected chi connectivity index (χ2v) is 6.29. The Morgan fingerprint density at radius 1 is 1.59 bits per heavy atom. The van der Waals surface area contributed by atoms with Crippen LogP contribution >= 0.6 is 27.5 Å². The molecule has 0 aliphatic carbocycles. The zero-order valence-corrected chi connectivity index (χ0v) is 12.2. The van der Waals surface area contributed by atoms with Crippen molar-refractivity contribution in [3.63, 3.8) is 0 Å². The quantitative estimate of drug-likeness (QED) is 0.896. The van der Waals surface area contributed by atoms with Crippen molar-refractivity contribution in [2.45, 2.75) is 4.90 Å². The zero-order valence-electron chi connectivity index (χ0n) is 9.04. The lowest BCUT2D eigenvalue weighted by atomic mass is 10.3. The molecule has 1 aromatic rings. The Bertz CT molecular complexity index is 530. The molecule has 0 amide bonds. The number of halogens is 2. The fraction of sp³-hybridized carbons (Fsp3) is 0.200. The molecule has 0 saturated heterocycles. The van der Waals surface area contributed by atoms with Crippen molar-refractivity contribution in [1.82, 2.24) is 4.72 Å². The molecule has 0 radical (unpaired) electrons. The van der Waals surface area contributed by atoms with Crippen LogP contribution in [0.2, 0.25) is 0 Å². The highest BCUT2D eigenvalue weighted by atomic mass is 79.9. The molecule has 0 spiro atoms. The fourth-order valence-electron chi connectivity index (χ4n) is 1.07. The average Bonchev–Trinajstić information content (AvgIpc) is 2.26. The normalized spacial score (nSPS) is 11.2. The van der Waals surface area contributed by atoms with Crippen molar-refractivity contribution in [3.05, 3.63) is 34.3 Å². The maximum atomic E-state index is 11.8. The summed E-state index contributed by atoms with van der Waals surface area (Å²) in [4.78, 5) is 0.128. The van der Waals surface area contributed by atoms with Crippen molar-refractivity contribution in [2.75, 3.05) is 13.7 Å². The molecule has 1 aromatic carbocycles. The second kappa shape index (κ2) is 5.86. The van der Waals surface area contributed by atoms with E-state index in [1.165, 1.54) is 19.2 Å². The van der Waals surface area contributed by atoms with E-state index >= 15 is 0 Å². The Labute approximate surface area is 114 Å². The van der Waals surface area contributed by atoms with Crippen LogP contribution in [-0.4, -0.2) is 22.1 Å². The molecule has 0 aliphatic rings. The Hall–Kier alpha value is -0.560. The molecule has 0 fully saturated rings. The number of methoxy groups -OCH3 is 1.